The van der Waals surface area contributed by atoms with Crippen LogP contribution in [0.1, 0.15) is 40.9 Å². The first kappa shape index (κ1) is 23.5. The fraction of sp³-hybridized carbons (Fsp3) is 0.391. The van der Waals surface area contributed by atoms with E-state index in [4.69, 9.17) is 11.5 Å². The Balaban J connectivity index is 1.61. The van der Waals surface area contributed by atoms with Crippen LogP contribution in [-0.2, 0) is 17.9 Å². The normalized spacial score (nSPS) is 16.4. The van der Waals surface area contributed by atoms with Crippen LogP contribution in [0.25, 0.3) is 0 Å². The zero-order chi connectivity index (χ0) is 23.0. The summed E-state index contributed by atoms with van der Waals surface area (Å²) in [5, 5.41) is 16.2. The predicted octanol–water partition coefficient (Wildman–Crippen LogP) is 0.836. The minimum atomic E-state index is -2.21. The van der Waals surface area contributed by atoms with Gasteiger partial charge in [-0.05, 0) is 30.5 Å². The van der Waals surface area contributed by atoms with Crippen molar-refractivity contribution in [3.05, 3.63) is 65.5 Å². The Hall–Kier alpha value is -3.14. The molecular weight excluding hydrogens is 408 g/mol. The summed E-state index contributed by atoms with van der Waals surface area (Å²) in [7, 11) is 0. The van der Waals surface area contributed by atoms with Crippen LogP contribution in [0.3, 0.4) is 0 Å². The van der Waals surface area contributed by atoms with Crippen molar-refractivity contribution in [1.82, 2.24) is 15.6 Å². The summed E-state index contributed by atoms with van der Waals surface area (Å²) in [6.45, 7) is 2.74. The average molecular weight is 439 g/mol. The number of nitrogens with two attached hydrogens (primary N) is 2. The molecule has 1 aromatic heterocycles. The number of aliphatic carboxylic acids is 1. The third-order valence-electron chi connectivity index (χ3n) is 5.55. The van der Waals surface area contributed by atoms with Gasteiger partial charge in [0.15, 0.2) is 11.3 Å². The molecule has 0 saturated heterocycles. The van der Waals surface area contributed by atoms with Crippen molar-refractivity contribution in [1.29, 1.82) is 0 Å². The molecule has 0 fully saturated rings. The summed E-state index contributed by atoms with van der Waals surface area (Å²) >= 11 is 0. The summed E-state index contributed by atoms with van der Waals surface area (Å²) in [4.78, 5) is 33.6. The monoisotopic (exact) mass is 438 g/mol. The molecular formula is C23H30N6O3. The first-order valence-corrected chi connectivity index (χ1v) is 10.7. The van der Waals surface area contributed by atoms with E-state index in [1.165, 1.54) is 0 Å². The molecule has 1 aliphatic heterocycles. The van der Waals surface area contributed by atoms with Crippen molar-refractivity contribution < 1.29 is 14.7 Å². The van der Waals surface area contributed by atoms with E-state index in [-0.39, 0.29) is 12.0 Å². The number of pyridine rings is 1. The van der Waals surface area contributed by atoms with E-state index >= 15 is 0 Å². The van der Waals surface area contributed by atoms with Crippen molar-refractivity contribution in [2.45, 2.75) is 43.9 Å². The van der Waals surface area contributed by atoms with Gasteiger partial charge in [0, 0.05) is 50.4 Å². The molecule has 9 nitrogen and oxygen atoms in total. The lowest BCUT2D eigenvalue weighted by Gasteiger charge is -2.30. The zero-order valence-electron chi connectivity index (χ0n) is 18.0. The molecule has 1 aliphatic rings. The lowest BCUT2D eigenvalue weighted by atomic mass is 9.81. The number of aromatic nitrogens is 1. The summed E-state index contributed by atoms with van der Waals surface area (Å²) in [6, 6.07) is 11.4. The molecule has 1 unspecified atom stereocenters. The number of carboxylic acids is 1. The van der Waals surface area contributed by atoms with Crippen LogP contribution in [0.15, 0.2) is 53.7 Å². The van der Waals surface area contributed by atoms with Gasteiger partial charge < -0.3 is 27.2 Å². The van der Waals surface area contributed by atoms with Crippen molar-refractivity contribution >= 4 is 17.6 Å². The fourth-order valence-electron chi connectivity index (χ4n) is 3.54. The Bertz CT molecular complexity index is 948. The topological polar surface area (TPSA) is 156 Å². The van der Waals surface area contributed by atoms with E-state index in [0.29, 0.717) is 19.5 Å². The minimum absolute atomic E-state index is 0.215. The number of carbonyl (C=O) groups excluding carboxylic acids is 1. The van der Waals surface area contributed by atoms with Crippen molar-refractivity contribution in [3.8, 4) is 0 Å². The van der Waals surface area contributed by atoms with Gasteiger partial charge in [-0.3, -0.25) is 14.8 Å². The van der Waals surface area contributed by atoms with Gasteiger partial charge in [0.1, 0.15) is 0 Å². The number of nitrogens with zero attached hydrogens (tertiary/aromatic N) is 2. The van der Waals surface area contributed by atoms with Crippen LogP contribution in [0.5, 0.6) is 0 Å². The van der Waals surface area contributed by atoms with Gasteiger partial charge in [-0.1, -0.05) is 30.3 Å². The quantitative estimate of drug-likeness (QED) is 0.255. The maximum atomic E-state index is 13.1. The number of hydrogen-bond donors (Lipinski definition) is 5. The SMILES string of the molecule is NC(CCC1=NCCCN1)[C@@](N)(C(=O)O)C(=O)c1ccc(CNCc2ccccn2)cc1. The summed E-state index contributed by atoms with van der Waals surface area (Å²) in [5.41, 5.74) is 12.1. The lowest BCUT2D eigenvalue weighted by molar-refractivity contribution is -0.142. The Labute approximate surface area is 187 Å². The predicted molar refractivity (Wildman–Crippen MR) is 122 cm³/mol. The van der Waals surface area contributed by atoms with Gasteiger partial charge in [-0.15, -0.1) is 0 Å². The third-order valence-corrected chi connectivity index (χ3v) is 5.55. The number of ketones is 1. The Kier molecular flexibility index (Phi) is 8.04. The molecule has 0 bridgehead atoms. The summed E-state index contributed by atoms with van der Waals surface area (Å²) < 4.78 is 0. The van der Waals surface area contributed by atoms with E-state index in [0.717, 1.165) is 36.6 Å². The highest BCUT2D eigenvalue weighted by Crippen LogP contribution is 2.19. The second-order valence-corrected chi connectivity index (χ2v) is 7.88. The van der Waals surface area contributed by atoms with Crippen molar-refractivity contribution in [3.63, 3.8) is 0 Å². The Morgan fingerprint density at radius 2 is 1.97 bits per heavy atom. The number of Topliss-reactive ketones (excluding diaryl/α,β-unsaturated/α-hetero) is 1. The molecule has 0 saturated carbocycles. The third kappa shape index (κ3) is 5.76. The Morgan fingerprint density at radius 1 is 1.19 bits per heavy atom. The van der Waals surface area contributed by atoms with E-state index in [2.05, 4.69) is 20.6 Å². The molecule has 32 heavy (non-hydrogen) atoms. The van der Waals surface area contributed by atoms with Crippen LogP contribution in [0.2, 0.25) is 0 Å². The minimum Gasteiger partial charge on any atom is -0.479 e. The second kappa shape index (κ2) is 10.9. The highest BCUT2D eigenvalue weighted by molar-refractivity contribution is 6.16. The molecule has 0 amide bonds. The number of carbonyl (C=O) groups is 2. The van der Waals surface area contributed by atoms with Gasteiger partial charge in [0.25, 0.3) is 0 Å². The molecule has 170 valence electrons. The molecule has 1 aromatic carbocycles. The van der Waals surface area contributed by atoms with Gasteiger partial charge in [0.2, 0.25) is 0 Å². The maximum Gasteiger partial charge on any atom is 0.333 e. The van der Waals surface area contributed by atoms with Crippen molar-refractivity contribution in [2.24, 2.45) is 16.5 Å². The van der Waals surface area contributed by atoms with Gasteiger partial charge in [-0.2, -0.15) is 0 Å². The second-order valence-electron chi connectivity index (χ2n) is 7.88. The Morgan fingerprint density at radius 3 is 2.59 bits per heavy atom. The number of aliphatic imine (C=N–C) groups is 1. The summed E-state index contributed by atoms with van der Waals surface area (Å²) in [5.74, 6) is -1.37. The van der Waals surface area contributed by atoms with Gasteiger partial charge >= 0.3 is 5.97 Å². The highest BCUT2D eigenvalue weighted by atomic mass is 16.4. The smallest absolute Gasteiger partial charge is 0.333 e. The molecule has 0 aliphatic carbocycles. The molecule has 2 atom stereocenters. The van der Waals surface area contributed by atoms with E-state index < -0.39 is 23.3 Å². The number of carboxylic acid groups (broad SMARTS) is 1. The van der Waals surface area contributed by atoms with E-state index in [1.54, 1.807) is 30.5 Å². The van der Waals surface area contributed by atoms with Crippen LogP contribution in [-0.4, -0.2) is 52.3 Å². The molecule has 2 heterocycles. The molecule has 0 radical (unpaired) electrons. The maximum absolute atomic E-state index is 13.1. The molecule has 3 rings (SSSR count). The number of benzene rings is 1. The largest absolute Gasteiger partial charge is 0.479 e. The number of nitrogens with one attached hydrogen (secondary N) is 2. The van der Waals surface area contributed by atoms with Gasteiger partial charge in [-0.25, -0.2) is 4.79 Å². The summed E-state index contributed by atoms with van der Waals surface area (Å²) in [6.07, 6.45) is 3.37. The van der Waals surface area contributed by atoms with Gasteiger partial charge in [0.05, 0.1) is 11.5 Å². The first-order valence-electron chi connectivity index (χ1n) is 10.7. The van der Waals surface area contributed by atoms with Crippen molar-refractivity contribution in [2.75, 3.05) is 13.1 Å². The highest BCUT2D eigenvalue weighted by Gasteiger charge is 2.47. The standard InChI is InChI=1S/C23H30N6O3/c24-19(9-10-20-28-12-3-13-29-20)23(25,22(31)32)21(30)17-7-5-16(6-8-17)14-26-15-18-4-1-2-11-27-18/h1-2,4-8,11,19,26H,3,9-10,12-15,24-25H2,(H,28,29)(H,31,32)/t19?,23-/m0/s1. The number of amidine groups is 1. The molecule has 9 heteroatoms. The average Bonchev–Trinajstić information content (AvgIpc) is 2.83. The number of rotatable bonds is 11. The van der Waals surface area contributed by atoms with Crippen LogP contribution < -0.4 is 22.1 Å². The van der Waals surface area contributed by atoms with E-state index in [9.17, 15) is 14.7 Å². The molecule has 7 N–H and O–H groups in total. The van der Waals surface area contributed by atoms with E-state index in [1.807, 2.05) is 18.2 Å². The zero-order valence-corrected chi connectivity index (χ0v) is 18.0. The fourth-order valence-corrected chi connectivity index (χ4v) is 3.54. The first-order chi connectivity index (χ1) is 15.4. The van der Waals surface area contributed by atoms with Crippen LogP contribution in [0, 0.1) is 0 Å². The lowest BCUT2D eigenvalue weighted by Crippen LogP contribution is -2.66. The van der Waals surface area contributed by atoms with Crippen LogP contribution >= 0.6 is 0 Å². The molecule has 0 spiro atoms. The van der Waals surface area contributed by atoms with Crippen LogP contribution in [0.4, 0.5) is 0 Å². The molecule has 2 aromatic rings. The number of hydrogen-bond acceptors (Lipinski definition) is 8.